The van der Waals surface area contributed by atoms with Crippen LogP contribution in [0.2, 0.25) is 5.02 Å². The molecule has 96 valence electrons. The predicted molar refractivity (Wildman–Crippen MR) is 69.3 cm³/mol. The van der Waals surface area contributed by atoms with E-state index < -0.39 is 6.04 Å². The lowest BCUT2D eigenvalue weighted by Gasteiger charge is -2.35. The zero-order valence-corrected chi connectivity index (χ0v) is 10.7. The second kappa shape index (κ2) is 4.96. The molecule has 5 nitrogen and oxygen atoms in total. The summed E-state index contributed by atoms with van der Waals surface area (Å²) in [4.78, 5) is 24.8. The number of rotatable bonds is 2. The summed E-state index contributed by atoms with van der Waals surface area (Å²) < 4.78 is 0. The number of carbonyl (C=O) groups is 2. The Labute approximate surface area is 110 Å². The van der Waals surface area contributed by atoms with Crippen LogP contribution in [0.25, 0.3) is 0 Å². The van der Waals surface area contributed by atoms with E-state index >= 15 is 0 Å². The lowest BCUT2D eigenvalue weighted by Crippen LogP contribution is -2.57. The van der Waals surface area contributed by atoms with Crippen molar-refractivity contribution in [2.45, 2.75) is 19.5 Å². The maximum Gasteiger partial charge on any atom is 0.249 e. The molecule has 0 spiro atoms. The zero-order chi connectivity index (χ0) is 13.3. The number of nitrogens with one attached hydrogen (secondary N) is 1. The molecule has 1 atom stereocenters. The van der Waals surface area contributed by atoms with Crippen LogP contribution in [-0.2, 0) is 16.1 Å². The summed E-state index contributed by atoms with van der Waals surface area (Å²) in [5.74, 6) is -0.657. The van der Waals surface area contributed by atoms with Gasteiger partial charge in [-0.25, -0.2) is 0 Å². The lowest BCUT2D eigenvalue weighted by molar-refractivity contribution is -0.132. The SMILES string of the molecule is CC1C(=O)NC(=O)CN1c1c(Cl)cccc1CN. The normalized spacial score (nSPS) is 19.9. The molecule has 1 heterocycles. The minimum atomic E-state index is -0.451. The first-order chi connectivity index (χ1) is 8.54. The quantitative estimate of drug-likeness (QED) is 0.772. The largest absolute Gasteiger partial charge is 0.349 e. The number of hydrogen-bond donors (Lipinski definition) is 2. The van der Waals surface area contributed by atoms with Gasteiger partial charge in [-0.15, -0.1) is 0 Å². The Bertz CT molecular complexity index is 504. The molecule has 1 aromatic rings. The molecule has 2 amide bonds. The number of anilines is 1. The topological polar surface area (TPSA) is 75.4 Å². The lowest BCUT2D eigenvalue weighted by atomic mass is 10.1. The molecular weight excluding hydrogens is 254 g/mol. The van der Waals surface area contributed by atoms with Crippen molar-refractivity contribution in [2.24, 2.45) is 5.73 Å². The molecule has 1 aliphatic rings. The second-order valence-corrected chi connectivity index (χ2v) is 4.58. The molecule has 0 radical (unpaired) electrons. The number of hydrogen-bond acceptors (Lipinski definition) is 4. The van der Waals surface area contributed by atoms with Crippen LogP contribution < -0.4 is 16.0 Å². The van der Waals surface area contributed by atoms with E-state index in [1.807, 2.05) is 6.07 Å². The van der Waals surface area contributed by atoms with Crippen molar-refractivity contribution >= 4 is 29.1 Å². The second-order valence-electron chi connectivity index (χ2n) is 4.17. The van der Waals surface area contributed by atoms with Crippen LogP contribution in [0.15, 0.2) is 18.2 Å². The molecule has 0 aliphatic carbocycles. The molecule has 2 rings (SSSR count). The van der Waals surface area contributed by atoms with E-state index in [-0.39, 0.29) is 18.4 Å². The summed E-state index contributed by atoms with van der Waals surface area (Å²) in [7, 11) is 0. The van der Waals surface area contributed by atoms with Crippen LogP contribution in [0.4, 0.5) is 5.69 Å². The first-order valence-corrected chi connectivity index (χ1v) is 6.00. The first kappa shape index (κ1) is 12.9. The highest BCUT2D eigenvalue weighted by molar-refractivity contribution is 6.33. The number of benzene rings is 1. The van der Waals surface area contributed by atoms with Gasteiger partial charge in [-0.05, 0) is 18.6 Å². The maximum absolute atomic E-state index is 11.7. The molecule has 0 saturated carbocycles. The van der Waals surface area contributed by atoms with Gasteiger partial charge in [0.2, 0.25) is 11.8 Å². The minimum Gasteiger partial charge on any atom is -0.349 e. The highest BCUT2D eigenvalue weighted by Gasteiger charge is 2.32. The zero-order valence-electron chi connectivity index (χ0n) is 9.94. The Balaban J connectivity index is 2.47. The standard InChI is InChI=1S/C12H14ClN3O2/c1-7-12(18)15-10(17)6-16(7)11-8(5-14)3-2-4-9(11)13/h2-4,7H,5-6,14H2,1H3,(H,15,17,18). The van der Waals surface area contributed by atoms with E-state index in [1.54, 1.807) is 24.0 Å². The third-order valence-electron chi connectivity index (χ3n) is 3.00. The van der Waals surface area contributed by atoms with Gasteiger partial charge in [0.15, 0.2) is 0 Å². The fraction of sp³-hybridized carbons (Fsp3) is 0.333. The van der Waals surface area contributed by atoms with Crippen LogP contribution in [0, 0.1) is 0 Å². The number of amides is 2. The van der Waals surface area contributed by atoms with Crippen molar-refractivity contribution in [3.63, 3.8) is 0 Å². The number of nitrogens with two attached hydrogens (primary N) is 1. The highest BCUT2D eigenvalue weighted by atomic mass is 35.5. The number of nitrogens with zero attached hydrogens (tertiary/aromatic N) is 1. The van der Waals surface area contributed by atoms with E-state index in [9.17, 15) is 9.59 Å². The van der Waals surface area contributed by atoms with E-state index in [2.05, 4.69) is 5.32 Å². The summed E-state index contributed by atoms with van der Waals surface area (Å²) in [6, 6.07) is 4.91. The summed E-state index contributed by atoms with van der Waals surface area (Å²) in [5, 5.41) is 2.78. The van der Waals surface area contributed by atoms with Crippen molar-refractivity contribution in [1.29, 1.82) is 0 Å². The van der Waals surface area contributed by atoms with Crippen molar-refractivity contribution in [3.05, 3.63) is 28.8 Å². The van der Waals surface area contributed by atoms with Gasteiger partial charge in [0.25, 0.3) is 0 Å². The Kier molecular flexibility index (Phi) is 3.54. The summed E-state index contributed by atoms with van der Waals surface area (Å²) in [6.07, 6.45) is 0. The summed E-state index contributed by atoms with van der Waals surface area (Å²) in [6.45, 7) is 2.13. The number of piperazine rings is 1. The highest BCUT2D eigenvalue weighted by Crippen LogP contribution is 2.31. The Morgan fingerprint density at radius 3 is 2.89 bits per heavy atom. The minimum absolute atomic E-state index is 0.101. The number of halogens is 1. The monoisotopic (exact) mass is 267 g/mol. The van der Waals surface area contributed by atoms with Crippen LogP contribution in [0.5, 0.6) is 0 Å². The molecule has 1 fully saturated rings. The van der Waals surface area contributed by atoms with Gasteiger partial charge in [0.1, 0.15) is 6.04 Å². The van der Waals surface area contributed by atoms with E-state index in [4.69, 9.17) is 17.3 Å². The van der Waals surface area contributed by atoms with Crippen molar-refractivity contribution in [1.82, 2.24) is 5.32 Å². The Morgan fingerprint density at radius 2 is 2.22 bits per heavy atom. The average molecular weight is 268 g/mol. The molecule has 0 bridgehead atoms. The molecule has 1 aliphatic heterocycles. The number of imide groups is 1. The molecule has 1 saturated heterocycles. The van der Waals surface area contributed by atoms with Crippen LogP contribution >= 0.6 is 11.6 Å². The first-order valence-electron chi connectivity index (χ1n) is 5.62. The van der Waals surface area contributed by atoms with E-state index in [1.165, 1.54) is 0 Å². The van der Waals surface area contributed by atoms with Crippen molar-refractivity contribution in [3.8, 4) is 0 Å². The number of para-hydroxylation sites is 1. The third-order valence-corrected chi connectivity index (χ3v) is 3.31. The number of carbonyl (C=O) groups excluding carboxylic acids is 2. The van der Waals surface area contributed by atoms with Crippen molar-refractivity contribution < 1.29 is 9.59 Å². The average Bonchev–Trinajstić information content (AvgIpc) is 2.33. The molecule has 1 aromatic carbocycles. The van der Waals surface area contributed by atoms with E-state index in [0.717, 1.165) is 5.56 Å². The van der Waals surface area contributed by atoms with Gasteiger partial charge in [-0.2, -0.15) is 0 Å². The van der Waals surface area contributed by atoms with Crippen molar-refractivity contribution in [2.75, 3.05) is 11.4 Å². The van der Waals surface area contributed by atoms with Crippen LogP contribution in [-0.4, -0.2) is 24.4 Å². The van der Waals surface area contributed by atoms with E-state index in [0.29, 0.717) is 17.3 Å². The van der Waals surface area contributed by atoms with Gasteiger partial charge < -0.3 is 10.6 Å². The third kappa shape index (κ3) is 2.19. The molecule has 3 N–H and O–H groups in total. The molecule has 0 aromatic heterocycles. The van der Waals surface area contributed by atoms with Gasteiger partial charge in [-0.3, -0.25) is 14.9 Å². The van der Waals surface area contributed by atoms with Crippen LogP contribution in [0.1, 0.15) is 12.5 Å². The van der Waals surface area contributed by atoms with Gasteiger partial charge in [0, 0.05) is 6.54 Å². The Morgan fingerprint density at radius 1 is 1.50 bits per heavy atom. The fourth-order valence-electron chi connectivity index (χ4n) is 2.03. The Hall–Kier alpha value is -1.59. The maximum atomic E-state index is 11.7. The van der Waals surface area contributed by atoms with Gasteiger partial charge >= 0.3 is 0 Å². The summed E-state index contributed by atoms with van der Waals surface area (Å²) in [5.41, 5.74) is 7.15. The molecular formula is C12H14ClN3O2. The smallest absolute Gasteiger partial charge is 0.249 e. The van der Waals surface area contributed by atoms with Gasteiger partial charge in [0.05, 0.1) is 17.3 Å². The predicted octanol–water partition coefficient (Wildman–Crippen LogP) is 0.650. The molecule has 1 unspecified atom stereocenters. The molecule has 18 heavy (non-hydrogen) atoms. The van der Waals surface area contributed by atoms with Crippen LogP contribution in [0.3, 0.4) is 0 Å². The summed E-state index contributed by atoms with van der Waals surface area (Å²) >= 11 is 6.16. The fourth-order valence-corrected chi connectivity index (χ4v) is 2.34. The molecule has 6 heteroatoms. The van der Waals surface area contributed by atoms with Gasteiger partial charge in [-0.1, -0.05) is 23.7 Å².